The predicted octanol–water partition coefficient (Wildman–Crippen LogP) is 3.49. The first-order valence-corrected chi connectivity index (χ1v) is 8.73. The third-order valence-electron chi connectivity index (χ3n) is 3.33. The molecule has 0 amide bonds. The minimum absolute atomic E-state index is 0.0357. The highest BCUT2D eigenvalue weighted by atomic mass is 35.5. The molecule has 4 nitrogen and oxygen atoms in total. The lowest BCUT2D eigenvalue weighted by molar-refractivity contribution is 0.287. The van der Waals surface area contributed by atoms with Gasteiger partial charge in [0.25, 0.3) is 0 Å². The van der Waals surface area contributed by atoms with Crippen molar-refractivity contribution in [3.63, 3.8) is 0 Å². The van der Waals surface area contributed by atoms with Crippen LogP contribution in [-0.4, -0.2) is 32.9 Å². The largest absolute Gasteiger partial charge is 0.492 e. The normalized spacial score (nSPS) is 11.7. The Morgan fingerprint density at radius 2 is 1.83 bits per heavy atom. The van der Waals surface area contributed by atoms with Crippen molar-refractivity contribution < 1.29 is 17.5 Å². The molecule has 0 saturated carbocycles. The van der Waals surface area contributed by atoms with Gasteiger partial charge >= 0.3 is 0 Å². The second-order valence-corrected chi connectivity index (χ2v) is 7.49. The Morgan fingerprint density at radius 3 is 2.48 bits per heavy atom. The van der Waals surface area contributed by atoms with Crippen LogP contribution in [0.15, 0.2) is 47.4 Å². The number of hydrogen-bond donors (Lipinski definition) is 0. The molecule has 0 atom stereocenters. The first-order chi connectivity index (χ1) is 10.8. The molecule has 0 saturated heterocycles. The number of hydrogen-bond acceptors (Lipinski definition) is 3. The number of benzene rings is 2. The van der Waals surface area contributed by atoms with E-state index in [2.05, 4.69) is 0 Å². The molecule has 23 heavy (non-hydrogen) atoms. The van der Waals surface area contributed by atoms with E-state index >= 15 is 0 Å². The van der Waals surface area contributed by atoms with Gasteiger partial charge in [-0.05, 0) is 48.9 Å². The summed E-state index contributed by atoms with van der Waals surface area (Å²) in [6.07, 6.45) is 0. The molecule has 0 N–H and O–H groups in total. The molecule has 0 bridgehead atoms. The predicted molar refractivity (Wildman–Crippen MR) is 87.9 cm³/mol. The summed E-state index contributed by atoms with van der Waals surface area (Å²) < 4.78 is 44.9. The SMILES string of the molecule is Cc1ccc(F)cc1S(=O)(=O)N(C)CCOc1ccc(Cl)cc1. The van der Waals surface area contributed by atoms with Gasteiger partial charge in [0.2, 0.25) is 10.0 Å². The molecule has 2 rings (SSSR count). The van der Waals surface area contributed by atoms with E-state index in [0.29, 0.717) is 16.3 Å². The van der Waals surface area contributed by atoms with Crippen LogP contribution in [0.1, 0.15) is 5.56 Å². The summed E-state index contributed by atoms with van der Waals surface area (Å²) in [5.41, 5.74) is 0.497. The minimum atomic E-state index is -3.76. The van der Waals surface area contributed by atoms with Gasteiger partial charge in [0.15, 0.2) is 0 Å². The Hall–Kier alpha value is -1.63. The molecular formula is C16H17ClFNO3S. The number of sulfonamides is 1. The molecule has 2 aromatic rings. The zero-order chi connectivity index (χ0) is 17.0. The topological polar surface area (TPSA) is 46.6 Å². The van der Waals surface area contributed by atoms with Crippen molar-refractivity contribution in [2.75, 3.05) is 20.2 Å². The molecule has 0 aliphatic rings. The van der Waals surface area contributed by atoms with E-state index in [4.69, 9.17) is 16.3 Å². The number of ether oxygens (including phenoxy) is 1. The van der Waals surface area contributed by atoms with E-state index in [1.807, 2.05) is 0 Å². The molecule has 0 unspecified atom stereocenters. The Kier molecular flexibility index (Phi) is 5.62. The van der Waals surface area contributed by atoms with Gasteiger partial charge in [-0.3, -0.25) is 0 Å². The van der Waals surface area contributed by atoms with Crippen LogP contribution in [0, 0.1) is 12.7 Å². The highest BCUT2D eigenvalue weighted by Gasteiger charge is 2.23. The van der Waals surface area contributed by atoms with Gasteiger partial charge in [-0.15, -0.1) is 0 Å². The van der Waals surface area contributed by atoms with Gasteiger partial charge in [0, 0.05) is 18.6 Å². The maximum Gasteiger partial charge on any atom is 0.243 e. The fraction of sp³-hybridized carbons (Fsp3) is 0.250. The van der Waals surface area contributed by atoms with Gasteiger partial charge in [-0.2, -0.15) is 4.31 Å². The zero-order valence-electron chi connectivity index (χ0n) is 12.8. The second kappa shape index (κ2) is 7.29. The molecule has 0 aromatic heterocycles. The summed E-state index contributed by atoms with van der Waals surface area (Å²) in [7, 11) is -2.33. The highest BCUT2D eigenvalue weighted by molar-refractivity contribution is 7.89. The van der Waals surface area contributed by atoms with E-state index in [1.165, 1.54) is 19.2 Å². The average molecular weight is 358 g/mol. The Morgan fingerprint density at radius 1 is 1.17 bits per heavy atom. The second-order valence-electron chi connectivity index (χ2n) is 5.04. The number of nitrogens with zero attached hydrogens (tertiary/aromatic N) is 1. The van der Waals surface area contributed by atoms with Crippen LogP contribution in [0.3, 0.4) is 0 Å². The van der Waals surface area contributed by atoms with Crippen LogP contribution in [0.2, 0.25) is 5.02 Å². The van der Waals surface area contributed by atoms with Crippen LogP contribution >= 0.6 is 11.6 Å². The van der Waals surface area contributed by atoms with Crippen molar-refractivity contribution in [3.8, 4) is 5.75 Å². The lowest BCUT2D eigenvalue weighted by atomic mass is 10.2. The Bertz CT molecular complexity index is 778. The minimum Gasteiger partial charge on any atom is -0.492 e. The molecule has 0 radical (unpaired) electrons. The standard InChI is InChI=1S/C16H17ClFNO3S/c1-12-3-6-14(18)11-16(12)23(20,21)19(2)9-10-22-15-7-4-13(17)5-8-15/h3-8,11H,9-10H2,1-2H3. The lowest BCUT2D eigenvalue weighted by Gasteiger charge is -2.18. The van der Waals surface area contributed by atoms with Gasteiger partial charge in [0.05, 0.1) is 4.90 Å². The molecule has 0 aliphatic carbocycles. The van der Waals surface area contributed by atoms with Crippen LogP contribution in [-0.2, 0) is 10.0 Å². The van der Waals surface area contributed by atoms with Crippen molar-refractivity contribution in [2.24, 2.45) is 0 Å². The van der Waals surface area contributed by atoms with Crippen molar-refractivity contribution >= 4 is 21.6 Å². The van der Waals surface area contributed by atoms with Gasteiger partial charge < -0.3 is 4.74 Å². The molecule has 0 fully saturated rings. The summed E-state index contributed by atoms with van der Waals surface area (Å²) in [6.45, 7) is 1.94. The molecule has 0 spiro atoms. The molecule has 0 aliphatic heterocycles. The van der Waals surface area contributed by atoms with E-state index < -0.39 is 15.8 Å². The van der Waals surface area contributed by atoms with Gasteiger partial charge in [-0.1, -0.05) is 17.7 Å². The van der Waals surface area contributed by atoms with Crippen LogP contribution < -0.4 is 4.74 Å². The molecule has 7 heteroatoms. The van der Waals surface area contributed by atoms with Crippen LogP contribution in [0.4, 0.5) is 4.39 Å². The fourth-order valence-electron chi connectivity index (χ4n) is 1.96. The quantitative estimate of drug-likeness (QED) is 0.795. The molecule has 2 aromatic carbocycles. The maximum atomic E-state index is 13.3. The van der Waals surface area contributed by atoms with Crippen LogP contribution in [0.25, 0.3) is 0 Å². The maximum absolute atomic E-state index is 13.3. The summed E-state index contributed by atoms with van der Waals surface area (Å²) in [6, 6.07) is 10.5. The van der Waals surface area contributed by atoms with E-state index in [9.17, 15) is 12.8 Å². The van der Waals surface area contributed by atoms with E-state index in [0.717, 1.165) is 10.4 Å². The summed E-state index contributed by atoms with van der Waals surface area (Å²) >= 11 is 5.78. The number of halogens is 2. The summed E-state index contributed by atoms with van der Waals surface area (Å²) in [4.78, 5) is -0.0357. The van der Waals surface area contributed by atoms with E-state index in [1.54, 1.807) is 31.2 Å². The third-order valence-corrected chi connectivity index (χ3v) is 5.58. The number of rotatable bonds is 6. The fourth-order valence-corrected chi connectivity index (χ4v) is 3.48. The van der Waals surface area contributed by atoms with Gasteiger partial charge in [-0.25, -0.2) is 12.8 Å². The number of aryl methyl sites for hydroxylation is 1. The molecule has 124 valence electrons. The van der Waals surface area contributed by atoms with Crippen molar-refractivity contribution in [1.82, 2.24) is 4.31 Å². The van der Waals surface area contributed by atoms with Gasteiger partial charge in [0.1, 0.15) is 18.2 Å². The molecule has 0 heterocycles. The third kappa shape index (κ3) is 4.43. The monoisotopic (exact) mass is 357 g/mol. The zero-order valence-corrected chi connectivity index (χ0v) is 14.4. The van der Waals surface area contributed by atoms with Crippen molar-refractivity contribution in [2.45, 2.75) is 11.8 Å². The summed E-state index contributed by atoms with van der Waals surface area (Å²) in [5.74, 6) is 0.0159. The number of likely N-dealkylation sites (N-methyl/N-ethyl adjacent to an activating group) is 1. The first-order valence-electron chi connectivity index (χ1n) is 6.91. The molecular weight excluding hydrogens is 341 g/mol. The average Bonchev–Trinajstić information content (AvgIpc) is 2.51. The smallest absolute Gasteiger partial charge is 0.243 e. The first kappa shape index (κ1) is 17.7. The van der Waals surface area contributed by atoms with Crippen molar-refractivity contribution in [3.05, 3.63) is 58.9 Å². The Balaban J connectivity index is 2.02. The van der Waals surface area contributed by atoms with E-state index in [-0.39, 0.29) is 18.0 Å². The van der Waals surface area contributed by atoms with Crippen molar-refractivity contribution in [1.29, 1.82) is 0 Å². The Labute approximate surface area is 140 Å². The highest BCUT2D eigenvalue weighted by Crippen LogP contribution is 2.20. The van der Waals surface area contributed by atoms with Crippen LogP contribution in [0.5, 0.6) is 5.75 Å². The lowest BCUT2D eigenvalue weighted by Crippen LogP contribution is -2.31. The summed E-state index contributed by atoms with van der Waals surface area (Å²) in [5, 5.41) is 0.596.